The molecule has 1 saturated carbocycles. The Bertz CT molecular complexity index is 320. The molecule has 0 nitrogen and oxygen atoms in total. The van der Waals surface area contributed by atoms with Gasteiger partial charge in [0, 0.05) is 5.88 Å². The van der Waals surface area contributed by atoms with Crippen LogP contribution in [-0.2, 0) is 5.88 Å². The standard InChI is InChI=1S/C16H23Cl/c1-2-3-13-4-8-15(9-5-13)16-10-6-14(12-17)7-11-16/h6-7,10-11,13,15H,2-5,8-9,12H2,1H3. The molecule has 1 heteroatoms. The first kappa shape index (κ1) is 13.0. The molecule has 0 heterocycles. The Morgan fingerprint density at radius 3 is 2.24 bits per heavy atom. The first-order chi connectivity index (χ1) is 8.33. The molecule has 0 bridgehead atoms. The number of rotatable bonds is 4. The van der Waals surface area contributed by atoms with Gasteiger partial charge >= 0.3 is 0 Å². The van der Waals surface area contributed by atoms with Crippen molar-refractivity contribution in [3.05, 3.63) is 35.4 Å². The van der Waals surface area contributed by atoms with Gasteiger partial charge in [-0.1, -0.05) is 44.0 Å². The van der Waals surface area contributed by atoms with Crippen molar-refractivity contribution in [1.82, 2.24) is 0 Å². The Morgan fingerprint density at radius 2 is 1.71 bits per heavy atom. The van der Waals surface area contributed by atoms with Crippen LogP contribution in [0.4, 0.5) is 0 Å². The average molecular weight is 251 g/mol. The van der Waals surface area contributed by atoms with Gasteiger partial charge in [-0.15, -0.1) is 11.6 Å². The lowest BCUT2D eigenvalue weighted by Gasteiger charge is -2.28. The SMILES string of the molecule is CCCC1CCC(c2ccc(CCl)cc2)CC1. The van der Waals surface area contributed by atoms with Crippen molar-refractivity contribution in [1.29, 1.82) is 0 Å². The third kappa shape index (κ3) is 3.48. The van der Waals surface area contributed by atoms with E-state index >= 15 is 0 Å². The van der Waals surface area contributed by atoms with Crippen molar-refractivity contribution in [3.8, 4) is 0 Å². The molecular formula is C16H23Cl. The van der Waals surface area contributed by atoms with E-state index in [1.165, 1.54) is 49.7 Å². The minimum atomic E-state index is 0.628. The average Bonchev–Trinajstić information content (AvgIpc) is 2.40. The van der Waals surface area contributed by atoms with Crippen LogP contribution in [0.1, 0.15) is 62.5 Å². The van der Waals surface area contributed by atoms with Gasteiger partial charge in [0.05, 0.1) is 0 Å². The Hall–Kier alpha value is -0.490. The van der Waals surface area contributed by atoms with Crippen LogP contribution in [0, 0.1) is 5.92 Å². The lowest BCUT2D eigenvalue weighted by atomic mass is 9.77. The molecule has 0 amide bonds. The maximum Gasteiger partial charge on any atom is 0.0474 e. The molecule has 0 aliphatic heterocycles. The van der Waals surface area contributed by atoms with Crippen LogP contribution in [-0.4, -0.2) is 0 Å². The van der Waals surface area contributed by atoms with Gasteiger partial charge in [0.15, 0.2) is 0 Å². The molecule has 94 valence electrons. The zero-order valence-corrected chi connectivity index (χ0v) is 11.5. The quantitative estimate of drug-likeness (QED) is 0.619. The van der Waals surface area contributed by atoms with Crippen LogP contribution in [0.5, 0.6) is 0 Å². The summed E-state index contributed by atoms with van der Waals surface area (Å²) in [6, 6.07) is 8.92. The first-order valence-corrected chi connectivity index (χ1v) is 7.51. The highest BCUT2D eigenvalue weighted by Crippen LogP contribution is 2.37. The second-order valence-electron chi connectivity index (χ2n) is 5.38. The molecule has 0 spiro atoms. The molecule has 0 saturated heterocycles. The molecule has 1 aromatic carbocycles. The maximum absolute atomic E-state index is 5.82. The van der Waals surface area contributed by atoms with E-state index in [2.05, 4.69) is 31.2 Å². The van der Waals surface area contributed by atoms with E-state index in [4.69, 9.17) is 11.6 Å². The summed E-state index contributed by atoms with van der Waals surface area (Å²) in [5.41, 5.74) is 2.75. The second-order valence-corrected chi connectivity index (χ2v) is 5.65. The molecular weight excluding hydrogens is 228 g/mol. The number of hydrogen-bond acceptors (Lipinski definition) is 0. The summed E-state index contributed by atoms with van der Waals surface area (Å²) >= 11 is 5.82. The Balaban J connectivity index is 1.91. The third-order valence-electron chi connectivity index (χ3n) is 4.15. The fourth-order valence-electron chi connectivity index (χ4n) is 3.07. The number of alkyl halides is 1. The van der Waals surface area contributed by atoms with Gasteiger partial charge in [0.1, 0.15) is 0 Å². The summed E-state index contributed by atoms with van der Waals surface area (Å²) < 4.78 is 0. The van der Waals surface area contributed by atoms with E-state index in [-0.39, 0.29) is 0 Å². The topological polar surface area (TPSA) is 0 Å². The summed E-state index contributed by atoms with van der Waals surface area (Å²) in [6.07, 6.45) is 8.39. The normalized spacial score (nSPS) is 24.8. The Kier molecular flexibility index (Phi) is 4.91. The largest absolute Gasteiger partial charge is 0.122 e. The predicted molar refractivity (Wildman–Crippen MR) is 75.6 cm³/mol. The third-order valence-corrected chi connectivity index (χ3v) is 4.46. The van der Waals surface area contributed by atoms with Gasteiger partial charge in [0.25, 0.3) is 0 Å². The summed E-state index contributed by atoms with van der Waals surface area (Å²) in [4.78, 5) is 0. The molecule has 1 fully saturated rings. The maximum atomic E-state index is 5.82. The Morgan fingerprint density at radius 1 is 1.06 bits per heavy atom. The molecule has 0 N–H and O–H groups in total. The molecule has 0 unspecified atom stereocenters. The van der Waals surface area contributed by atoms with E-state index in [9.17, 15) is 0 Å². The van der Waals surface area contributed by atoms with Gasteiger partial charge in [0.2, 0.25) is 0 Å². The van der Waals surface area contributed by atoms with Crippen molar-refractivity contribution >= 4 is 11.6 Å². The molecule has 1 aliphatic carbocycles. The van der Waals surface area contributed by atoms with Gasteiger partial charge in [-0.2, -0.15) is 0 Å². The number of benzene rings is 1. The van der Waals surface area contributed by atoms with Crippen LogP contribution >= 0.6 is 11.6 Å². The van der Waals surface area contributed by atoms with Crippen LogP contribution in [0.3, 0.4) is 0 Å². The minimum absolute atomic E-state index is 0.628. The molecule has 1 aliphatic rings. The summed E-state index contributed by atoms with van der Waals surface area (Å²) in [7, 11) is 0. The van der Waals surface area contributed by atoms with E-state index < -0.39 is 0 Å². The van der Waals surface area contributed by atoms with Gasteiger partial charge in [-0.05, 0) is 48.6 Å². The van der Waals surface area contributed by atoms with Crippen molar-refractivity contribution in [2.24, 2.45) is 5.92 Å². The van der Waals surface area contributed by atoms with E-state index in [1.54, 1.807) is 0 Å². The van der Waals surface area contributed by atoms with Crippen molar-refractivity contribution in [2.45, 2.75) is 57.2 Å². The van der Waals surface area contributed by atoms with Crippen molar-refractivity contribution in [3.63, 3.8) is 0 Å². The van der Waals surface area contributed by atoms with E-state index in [0.717, 1.165) is 11.8 Å². The zero-order chi connectivity index (χ0) is 12.1. The lowest BCUT2D eigenvalue weighted by Crippen LogP contribution is -2.13. The van der Waals surface area contributed by atoms with Crippen LogP contribution in [0.25, 0.3) is 0 Å². The monoisotopic (exact) mass is 250 g/mol. The number of hydrogen-bond donors (Lipinski definition) is 0. The highest BCUT2D eigenvalue weighted by atomic mass is 35.5. The lowest BCUT2D eigenvalue weighted by molar-refractivity contribution is 0.308. The molecule has 1 aromatic rings. The van der Waals surface area contributed by atoms with Gasteiger partial charge in [-0.3, -0.25) is 0 Å². The molecule has 0 aromatic heterocycles. The summed E-state index contributed by atoms with van der Waals surface area (Å²) in [5, 5.41) is 0. The zero-order valence-electron chi connectivity index (χ0n) is 10.8. The summed E-state index contributed by atoms with van der Waals surface area (Å²) in [5.74, 6) is 2.43. The smallest absolute Gasteiger partial charge is 0.0474 e. The van der Waals surface area contributed by atoms with Crippen LogP contribution < -0.4 is 0 Å². The highest BCUT2D eigenvalue weighted by molar-refractivity contribution is 6.17. The predicted octanol–water partition coefficient (Wildman–Crippen LogP) is 5.50. The molecule has 0 radical (unpaired) electrons. The molecule has 17 heavy (non-hydrogen) atoms. The fourth-order valence-corrected chi connectivity index (χ4v) is 3.25. The van der Waals surface area contributed by atoms with Crippen molar-refractivity contribution in [2.75, 3.05) is 0 Å². The highest BCUT2D eigenvalue weighted by Gasteiger charge is 2.21. The van der Waals surface area contributed by atoms with Gasteiger partial charge in [-0.25, -0.2) is 0 Å². The van der Waals surface area contributed by atoms with E-state index in [0.29, 0.717) is 5.88 Å². The Labute approximate surface area is 110 Å². The minimum Gasteiger partial charge on any atom is -0.122 e. The summed E-state index contributed by atoms with van der Waals surface area (Å²) in [6.45, 7) is 2.30. The number of halogens is 1. The fraction of sp³-hybridized carbons (Fsp3) is 0.625. The second kappa shape index (κ2) is 6.44. The van der Waals surface area contributed by atoms with Gasteiger partial charge < -0.3 is 0 Å². The first-order valence-electron chi connectivity index (χ1n) is 6.98. The molecule has 0 atom stereocenters. The van der Waals surface area contributed by atoms with Crippen LogP contribution in [0.2, 0.25) is 0 Å². The van der Waals surface area contributed by atoms with Crippen molar-refractivity contribution < 1.29 is 0 Å². The van der Waals surface area contributed by atoms with Crippen LogP contribution in [0.15, 0.2) is 24.3 Å². The molecule has 2 rings (SSSR count). The van der Waals surface area contributed by atoms with E-state index in [1.807, 2.05) is 0 Å².